The summed E-state index contributed by atoms with van der Waals surface area (Å²) in [7, 11) is 1.20. The smallest absolute Gasteiger partial charge is 0.402 e. The summed E-state index contributed by atoms with van der Waals surface area (Å²) < 4.78 is 97.1. The van der Waals surface area contributed by atoms with E-state index >= 15 is 0 Å². The SMILES string of the molecule is COc1cc(-c2[o+]c3cc(O)cc(O[C@@H]4O[C@H](CO)[C@@H](O)[C@H](O)[C@H]4O)c3cc2O[C@H]2O[C@H](COC(=O)/C=C/c3ccc(O[C@@H]4O[C@H](COC(=O)C=Cc5ccc(O)c(O[C@@H]6O[C@H](CO)[C@@H](O)[C@H](O)[C@H]6O)c5)[C@@H](O)[C@H](O)[C@H]4O)c(O)c3)[C@@H](O)[C@H](O)[C@H]2O[C@H]2O[C@@H](COC(=O)C=Cc3ccc(O)c(O[C@H]4O[C@@H](CO)[C@H](O)[C@@H](O)[C@@H]4O)c3)[C@H](O)[C@@H](O)[C@@H]2O)ccc1O. The van der Waals surface area contributed by atoms with Gasteiger partial charge in [0.1, 0.15) is 177 Å². The van der Waals surface area contributed by atoms with E-state index in [0.29, 0.717) is 0 Å². The van der Waals surface area contributed by atoms with E-state index in [9.17, 15) is 142 Å². The highest BCUT2D eigenvalue weighted by Gasteiger charge is 2.55. The Hall–Kier alpha value is -10.1. The first-order valence-corrected chi connectivity index (χ1v) is 37.9. The molecule has 5 aromatic carbocycles. The summed E-state index contributed by atoms with van der Waals surface area (Å²) in [4.78, 5) is 39.8. The van der Waals surface area contributed by atoms with Crippen LogP contribution < -0.4 is 28.4 Å². The number of benzene rings is 5. The van der Waals surface area contributed by atoms with E-state index in [4.69, 9.17) is 80.2 Å². The number of aliphatic hydroxyl groups is 20. The number of aliphatic hydroxyl groups excluding tert-OH is 20. The van der Waals surface area contributed by atoms with Gasteiger partial charge in [-0.25, -0.2) is 18.8 Å². The van der Waals surface area contributed by atoms with E-state index in [1.165, 1.54) is 49.6 Å². The zero-order valence-electron chi connectivity index (χ0n) is 64.5. The summed E-state index contributed by atoms with van der Waals surface area (Å²) in [5.41, 5.74) is 0.0969. The van der Waals surface area contributed by atoms with Crippen LogP contribution in [-0.2, 0) is 61.8 Å². The minimum absolute atomic E-state index is 0.00549. The summed E-state index contributed by atoms with van der Waals surface area (Å²) in [6, 6.07) is 17.5. The van der Waals surface area contributed by atoms with Gasteiger partial charge in [0.25, 0.3) is 0 Å². The molecule has 6 fully saturated rings. The molecule has 0 spiro atoms. The molecule has 12 rings (SSSR count). The molecule has 0 radical (unpaired) electrons. The van der Waals surface area contributed by atoms with E-state index in [1.807, 2.05) is 0 Å². The lowest BCUT2D eigenvalue weighted by Crippen LogP contribution is -2.65. The zero-order chi connectivity index (χ0) is 89.6. The number of methoxy groups -OCH3 is 1. The lowest BCUT2D eigenvalue weighted by Gasteiger charge is -2.45. The van der Waals surface area contributed by atoms with Crippen molar-refractivity contribution in [1.29, 1.82) is 0 Å². The Labute approximate surface area is 698 Å². The molecule has 1 aromatic heterocycles. The summed E-state index contributed by atoms with van der Waals surface area (Å²) in [5.74, 6) is -8.58. The maximum atomic E-state index is 13.6. The highest BCUT2D eigenvalue weighted by Crippen LogP contribution is 2.45. The van der Waals surface area contributed by atoms with Crippen LogP contribution in [0.25, 0.3) is 40.5 Å². The molecule has 7 heterocycles. The largest absolute Gasteiger partial charge is 0.507 e. The molecular formula is C79H91O45+. The molecule has 0 unspecified atom stereocenters. The number of esters is 3. The summed E-state index contributed by atoms with van der Waals surface area (Å²) in [6.07, 6.45) is -50.9. The molecule has 25 N–H and O–H groups in total. The average Bonchev–Trinajstić information content (AvgIpc) is 0.757. The molecule has 6 aliphatic rings. The Morgan fingerprint density at radius 3 is 1.13 bits per heavy atom. The van der Waals surface area contributed by atoms with E-state index < -0.39 is 288 Å². The molecule has 6 aliphatic heterocycles. The van der Waals surface area contributed by atoms with Crippen molar-refractivity contribution < 1.29 is 222 Å². The highest BCUT2D eigenvalue weighted by atomic mass is 16.8. The number of ether oxygens (including phenoxy) is 16. The van der Waals surface area contributed by atoms with Crippen molar-refractivity contribution in [2.24, 2.45) is 0 Å². The molecule has 0 aliphatic carbocycles. The number of carbonyl (C=O) groups excluding carboxylic acids is 3. The molecule has 6 saturated heterocycles. The monoisotopic (exact) mass is 1760 g/mol. The Balaban J connectivity index is 0.746. The molecule has 124 heavy (non-hydrogen) atoms. The van der Waals surface area contributed by atoms with Gasteiger partial charge in [-0.1, -0.05) is 18.2 Å². The molecule has 45 heteroatoms. The fraction of sp³-hybridized carbons (Fsp3) is 0.468. The van der Waals surface area contributed by atoms with Crippen LogP contribution in [0.4, 0.5) is 0 Å². The van der Waals surface area contributed by atoms with Crippen molar-refractivity contribution >= 4 is 47.1 Å². The van der Waals surface area contributed by atoms with E-state index in [2.05, 4.69) is 0 Å². The number of hydrogen-bond acceptors (Lipinski definition) is 44. The van der Waals surface area contributed by atoms with E-state index in [0.717, 1.165) is 85.0 Å². The van der Waals surface area contributed by atoms with Crippen LogP contribution in [-0.4, -0.2) is 377 Å². The number of rotatable bonds is 29. The number of phenols is 5. The van der Waals surface area contributed by atoms with Crippen LogP contribution in [0.5, 0.6) is 63.2 Å². The van der Waals surface area contributed by atoms with Crippen LogP contribution >= 0.6 is 0 Å². The van der Waals surface area contributed by atoms with Gasteiger partial charge < -0.3 is 203 Å². The van der Waals surface area contributed by atoms with Crippen molar-refractivity contribution in [2.75, 3.05) is 46.8 Å². The first-order valence-electron chi connectivity index (χ1n) is 37.9. The molecular weight excluding hydrogens is 1670 g/mol. The van der Waals surface area contributed by atoms with Gasteiger partial charge >= 0.3 is 29.3 Å². The first kappa shape index (κ1) is 93.0. The van der Waals surface area contributed by atoms with Crippen molar-refractivity contribution in [3.8, 4) is 74.6 Å². The van der Waals surface area contributed by atoms with Crippen molar-refractivity contribution in [3.05, 3.63) is 126 Å². The minimum Gasteiger partial charge on any atom is -0.507 e. The third-order valence-corrected chi connectivity index (χ3v) is 20.6. The van der Waals surface area contributed by atoms with Gasteiger partial charge in [0.2, 0.25) is 37.2 Å². The molecule has 676 valence electrons. The number of hydrogen-bond donors (Lipinski definition) is 25. The standard InChI is InChI=1S/C79H90O45/c1-108-42-19-32(8-11-35(42)84)72-45(22-34-40(112-72)20-33(83)21-41(34)114-75-67(103)61(97)55(91)46(23-80)118-75)117-79-73(124-78-71(107)65(101)59(95)50(122-78)27-110-54(90)15-7-31-3-10-37(86)44(18-31)116-77-69(105)63(99)57(93)48(25-82)120-77)66(102)60(96)51(123-79)28-111-52(88)13-5-29-4-12-39(38(87)16-29)113-74-70(106)64(100)58(94)49(121-74)26-109-53(89)14-6-30-2-9-36(85)43(17-30)115-76-68(104)62(98)56(92)47(24-81)119-76/h2-22,46-51,55-71,73-82,91-107H,23-28H2,1H3,(H4-,83,84,85,86,87,89,90)/p+1/b13-5+/t46-,47-,48+,49-,50+,51-,55-,56-,57+,58-,59+,60-,61+,62+,63-,64+,65-,66+,67-,68-,69+,70-,71+,73-,74-,75-,76-,77+,78-,79+/m1/s1. The number of carbonyl (C=O) groups is 3. The third kappa shape index (κ3) is 21.0. The second-order valence-electron chi connectivity index (χ2n) is 29.1. The van der Waals surface area contributed by atoms with Crippen molar-refractivity contribution in [2.45, 2.75) is 184 Å². The fourth-order valence-corrected chi connectivity index (χ4v) is 13.6. The zero-order valence-corrected chi connectivity index (χ0v) is 64.5. The van der Waals surface area contributed by atoms with Gasteiger partial charge in [-0.2, -0.15) is 0 Å². The van der Waals surface area contributed by atoms with Gasteiger partial charge in [-0.15, -0.1) is 0 Å². The Morgan fingerprint density at radius 1 is 0.339 bits per heavy atom. The summed E-state index contributed by atoms with van der Waals surface area (Å²) in [6.45, 7) is -5.13. The predicted octanol–water partition coefficient (Wildman–Crippen LogP) is -6.57. The Bertz CT molecular complexity index is 4750. The maximum Gasteiger partial charge on any atom is 0.402 e. The molecule has 0 amide bonds. The third-order valence-electron chi connectivity index (χ3n) is 20.6. The van der Waals surface area contributed by atoms with Crippen LogP contribution in [0.15, 0.2) is 114 Å². The lowest BCUT2D eigenvalue weighted by molar-refractivity contribution is -0.358. The lowest BCUT2D eigenvalue weighted by atomic mass is 9.97. The van der Waals surface area contributed by atoms with Crippen LogP contribution in [0, 0.1) is 0 Å². The van der Waals surface area contributed by atoms with Crippen LogP contribution in [0.3, 0.4) is 0 Å². The second-order valence-corrected chi connectivity index (χ2v) is 29.1. The highest BCUT2D eigenvalue weighted by molar-refractivity contribution is 5.90. The quantitative estimate of drug-likeness (QED) is 0.00898. The van der Waals surface area contributed by atoms with Gasteiger partial charge in [-0.3, -0.25) is 0 Å². The topological polar surface area (TPSA) is 716 Å². The molecule has 30 atom stereocenters. The summed E-state index contributed by atoms with van der Waals surface area (Å²) in [5, 5.41) is 267. The first-order chi connectivity index (χ1) is 59.1. The average molecular weight is 1760 g/mol. The van der Waals surface area contributed by atoms with Crippen molar-refractivity contribution in [1.82, 2.24) is 0 Å². The van der Waals surface area contributed by atoms with Crippen LogP contribution in [0.1, 0.15) is 16.7 Å². The molecule has 45 nitrogen and oxygen atoms in total. The van der Waals surface area contributed by atoms with E-state index in [1.54, 1.807) is 0 Å². The summed E-state index contributed by atoms with van der Waals surface area (Å²) >= 11 is 0. The number of aromatic hydroxyl groups is 5. The Morgan fingerprint density at radius 2 is 0.694 bits per heavy atom. The Kier molecular flexibility index (Phi) is 30.3. The van der Waals surface area contributed by atoms with E-state index in [-0.39, 0.29) is 56.2 Å². The molecule has 0 bridgehead atoms. The maximum absolute atomic E-state index is 13.6. The van der Waals surface area contributed by atoms with Gasteiger partial charge in [0.05, 0.1) is 38.6 Å². The minimum atomic E-state index is -2.33. The van der Waals surface area contributed by atoms with Gasteiger partial charge in [0, 0.05) is 36.4 Å². The normalized spacial score (nSPS) is 34.0. The molecule has 6 aromatic rings. The van der Waals surface area contributed by atoms with Gasteiger partial charge in [-0.05, 0) is 83.4 Å². The molecule has 0 saturated carbocycles. The van der Waals surface area contributed by atoms with Crippen molar-refractivity contribution in [3.63, 3.8) is 0 Å². The fourth-order valence-electron chi connectivity index (χ4n) is 13.6. The number of fused-ring (bicyclic) bond motifs is 1. The second kappa shape index (κ2) is 40.4. The number of phenolic OH excluding ortho intramolecular Hbond substituents is 5. The predicted molar refractivity (Wildman–Crippen MR) is 404 cm³/mol. The van der Waals surface area contributed by atoms with Gasteiger partial charge in [0.15, 0.2) is 58.4 Å². The van der Waals surface area contributed by atoms with Crippen LogP contribution in [0.2, 0.25) is 0 Å².